The summed E-state index contributed by atoms with van der Waals surface area (Å²) in [6.45, 7) is 2.21. The second-order valence-corrected chi connectivity index (χ2v) is 6.66. The fourth-order valence-corrected chi connectivity index (χ4v) is 2.88. The molecule has 0 aliphatic carbocycles. The van der Waals surface area contributed by atoms with Gasteiger partial charge in [-0.2, -0.15) is 8.42 Å². The number of hydrogen-bond donors (Lipinski definition) is 0. The molecule has 0 N–H and O–H groups in total. The van der Waals surface area contributed by atoms with Crippen molar-refractivity contribution >= 4 is 10.1 Å². The van der Waals surface area contributed by atoms with Crippen LogP contribution in [0.2, 0.25) is 0 Å². The van der Waals surface area contributed by atoms with Crippen LogP contribution in [0.1, 0.15) is 30.9 Å². The largest absolute Gasteiger partial charge is 0.294 e. The number of nitrogens with zero attached hydrogens (tertiary/aromatic N) is 1. The predicted octanol–water partition coefficient (Wildman–Crippen LogP) is 2.19. The molecule has 1 fully saturated rings. The van der Waals surface area contributed by atoms with Crippen LogP contribution in [0, 0.1) is 0 Å². The van der Waals surface area contributed by atoms with Crippen LogP contribution in [0.15, 0.2) is 30.3 Å². The Labute approximate surface area is 115 Å². The van der Waals surface area contributed by atoms with E-state index < -0.39 is 10.1 Å². The molecule has 0 bridgehead atoms. The van der Waals surface area contributed by atoms with Crippen LogP contribution in [-0.4, -0.2) is 39.3 Å². The van der Waals surface area contributed by atoms with Crippen LogP contribution >= 0.6 is 0 Å². The zero-order chi connectivity index (χ0) is 13.7. The maximum atomic E-state index is 11.2. The highest BCUT2D eigenvalue weighted by molar-refractivity contribution is 7.85. The highest BCUT2D eigenvalue weighted by atomic mass is 32.2. The van der Waals surface area contributed by atoms with Crippen LogP contribution in [0.3, 0.4) is 0 Å². The number of benzene rings is 1. The molecule has 5 heteroatoms. The monoisotopic (exact) mass is 283 g/mol. The van der Waals surface area contributed by atoms with E-state index in [-0.39, 0.29) is 12.6 Å². The Morgan fingerprint density at radius 1 is 1.16 bits per heavy atom. The van der Waals surface area contributed by atoms with Gasteiger partial charge in [-0.15, -0.1) is 0 Å². The molecule has 19 heavy (non-hydrogen) atoms. The first kappa shape index (κ1) is 14.5. The van der Waals surface area contributed by atoms with E-state index in [1.54, 1.807) is 0 Å². The van der Waals surface area contributed by atoms with Crippen molar-refractivity contribution in [2.75, 3.05) is 26.0 Å². The third kappa shape index (κ3) is 4.60. The summed E-state index contributed by atoms with van der Waals surface area (Å²) in [5.41, 5.74) is 1.12. The molecule has 1 aliphatic heterocycles. The molecule has 4 nitrogen and oxygen atoms in total. The van der Waals surface area contributed by atoms with Gasteiger partial charge >= 0.3 is 0 Å². The molecule has 0 amide bonds. The van der Waals surface area contributed by atoms with Crippen molar-refractivity contribution in [2.24, 2.45) is 0 Å². The lowest BCUT2D eigenvalue weighted by atomic mass is 10.0. The SMILES string of the molecule is CS(=O)(=O)OCC(c1ccccc1)N1CCCCC1. The third-order valence-corrected chi connectivity index (χ3v) is 4.02. The zero-order valence-electron chi connectivity index (χ0n) is 11.3. The van der Waals surface area contributed by atoms with Gasteiger partial charge in [0.2, 0.25) is 0 Å². The molecular weight excluding hydrogens is 262 g/mol. The molecular formula is C14H21NO3S. The summed E-state index contributed by atoms with van der Waals surface area (Å²) in [5, 5.41) is 0. The van der Waals surface area contributed by atoms with E-state index in [1.807, 2.05) is 30.3 Å². The van der Waals surface area contributed by atoms with Gasteiger partial charge in [0.25, 0.3) is 10.1 Å². The molecule has 0 aromatic heterocycles. The number of likely N-dealkylation sites (tertiary alicyclic amines) is 1. The van der Waals surface area contributed by atoms with Crippen LogP contribution in [0.25, 0.3) is 0 Å². The van der Waals surface area contributed by atoms with Crippen molar-refractivity contribution in [3.05, 3.63) is 35.9 Å². The Morgan fingerprint density at radius 3 is 2.37 bits per heavy atom. The van der Waals surface area contributed by atoms with Gasteiger partial charge in [0.05, 0.1) is 18.9 Å². The van der Waals surface area contributed by atoms with E-state index in [2.05, 4.69) is 4.90 Å². The maximum Gasteiger partial charge on any atom is 0.264 e. The average molecular weight is 283 g/mol. The molecule has 1 saturated heterocycles. The molecule has 2 rings (SSSR count). The molecule has 1 aromatic carbocycles. The Kier molecular flexibility index (Phi) is 4.96. The second kappa shape index (κ2) is 6.50. The summed E-state index contributed by atoms with van der Waals surface area (Å²) in [6, 6.07) is 10.0. The summed E-state index contributed by atoms with van der Waals surface area (Å²) >= 11 is 0. The van der Waals surface area contributed by atoms with Crippen LogP contribution < -0.4 is 0 Å². The topological polar surface area (TPSA) is 46.6 Å². The number of hydrogen-bond acceptors (Lipinski definition) is 4. The van der Waals surface area contributed by atoms with Crippen molar-refractivity contribution in [3.8, 4) is 0 Å². The van der Waals surface area contributed by atoms with Gasteiger partial charge in [0, 0.05) is 0 Å². The first-order valence-corrected chi connectivity index (χ1v) is 8.51. The summed E-state index contributed by atoms with van der Waals surface area (Å²) in [7, 11) is -3.39. The standard InChI is InChI=1S/C14H21NO3S/c1-19(16,17)18-12-14(13-8-4-2-5-9-13)15-10-6-3-7-11-15/h2,4-5,8-9,14H,3,6-7,10-12H2,1H3. The first-order chi connectivity index (χ1) is 9.06. The predicted molar refractivity (Wildman–Crippen MR) is 75.4 cm³/mol. The third-order valence-electron chi connectivity index (χ3n) is 3.46. The van der Waals surface area contributed by atoms with Crippen LogP contribution in [0.5, 0.6) is 0 Å². The molecule has 1 heterocycles. The highest BCUT2D eigenvalue weighted by Gasteiger charge is 2.23. The van der Waals surface area contributed by atoms with Crippen molar-refractivity contribution in [1.82, 2.24) is 4.90 Å². The second-order valence-electron chi connectivity index (χ2n) is 5.01. The Bertz CT molecular complexity index is 481. The Morgan fingerprint density at radius 2 is 1.79 bits per heavy atom. The molecule has 0 saturated carbocycles. The summed E-state index contributed by atoms with van der Waals surface area (Å²) in [5.74, 6) is 0. The number of piperidine rings is 1. The highest BCUT2D eigenvalue weighted by Crippen LogP contribution is 2.25. The lowest BCUT2D eigenvalue weighted by molar-refractivity contribution is 0.117. The fraction of sp³-hybridized carbons (Fsp3) is 0.571. The van der Waals surface area contributed by atoms with Crippen molar-refractivity contribution in [2.45, 2.75) is 25.3 Å². The van der Waals surface area contributed by atoms with Crippen molar-refractivity contribution in [3.63, 3.8) is 0 Å². The van der Waals surface area contributed by atoms with Crippen LogP contribution in [0.4, 0.5) is 0 Å². The van der Waals surface area contributed by atoms with E-state index in [9.17, 15) is 8.42 Å². The van der Waals surface area contributed by atoms with E-state index in [0.717, 1.165) is 24.9 Å². The van der Waals surface area contributed by atoms with E-state index >= 15 is 0 Å². The van der Waals surface area contributed by atoms with Crippen LogP contribution in [-0.2, 0) is 14.3 Å². The Balaban J connectivity index is 2.12. The lowest BCUT2D eigenvalue weighted by Gasteiger charge is -2.34. The van der Waals surface area contributed by atoms with Gasteiger partial charge in [0.1, 0.15) is 0 Å². The molecule has 1 unspecified atom stereocenters. The Hall–Kier alpha value is -0.910. The van der Waals surface area contributed by atoms with Gasteiger partial charge in [0.15, 0.2) is 0 Å². The van der Waals surface area contributed by atoms with Gasteiger partial charge in [-0.05, 0) is 31.5 Å². The number of rotatable bonds is 5. The molecule has 1 atom stereocenters. The summed E-state index contributed by atoms with van der Waals surface area (Å²) in [4.78, 5) is 2.32. The lowest BCUT2D eigenvalue weighted by Crippen LogP contribution is -2.36. The minimum Gasteiger partial charge on any atom is -0.294 e. The van der Waals surface area contributed by atoms with E-state index in [0.29, 0.717) is 0 Å². The van der Waals surface area contributed by atoms with Gasteiger partial charge in [-0.25, -0.2) is 0 Å². The van der Waals surface area contributed by atoms with E-state index in [1.165, 1.54) is 19.3 Å². The normalized spacial score (nSPS) is 19.2. The molecule has 106 valence electrons. The molecule has 0 radical (unpaired) electrons. The average Bonchev–Trinajstić information content (AvgIpc) is 2.40. The van der Waals surface area contributed by atoms with Crippen molar-refractivity contribution < 1.29 is 12.6 Å². The zero-order valence-corrected chi connectivity index (χ0v) is 12.1. The van der Waals surface area contributed by atoms with E-state index in [4.69, 9.17) is 4.18 Å². The summed E-state index contributed by atoms with van der Waals surface area (Å²) in [6.07, 6.45) is 4.70. The maximum absolute atomic E-state index is 11.2. The van der Waals surface area contributed by atoms with Gasteiger partial charge < -0.3 is 0 Å². The summed E-state index contributed by atoms with van der Waals surface area (Å²) < 4.78 is 27.4. The molecule has 1 aliphatic rings. The fourth-order valence-electron chi connectivity index (χ4n) is 2.51. The van der Waals surface area contributed by atoms with Gasteiger partial charge in [-0.1, -0.05) is 36.8 Å². The molecule has 1 aromatic rings. The van der Waals surface area contributed by atoms with Gasteiger partial charge in [-0.3, -0.25) is 9.08 Å². The quantitative estimate of drug-likeness (QED) is 0.777. The smallest absolute Gasteiger partial charge is 0.264 e. The van der Waals surface area contributed by atoms with Crippen molar-refractivity contribution in [1.29, 1.82) is 0 Å². The minimum absolute atomic E-state index is 0.0243. The first-order valence-electron chi connectivity index (χ1n) is 6.70. The minimum atomic E-state index is -3.39. The molecule has 0 spiro atoms.